The van der Waals surface area contributed by atoms with Gasteiger partial charge in [0.25, 0.3) is 10.2 Å². The van der Waals surface area contributed by atoms with E-state index in [1.54, 1.807) is 0 Å². The summed E-state index contributed by atoms with van der Waals surface area (Å²) < 4.78 is 28.0. The van der Waals surface area contributed by atoms with Crippen LogP contribution in [-0.4, -0.2) is 42.9 Å². The molecule has 1 aliphatic rings. The van der Waals surface area contributed by atoms with Gasteiger partial charge in [-0.1, -0.05) is 6.42 Å². The fourth-order valence-electron chi connectivity index (χ4n) is 2.11. The van der Waals surface area contributed by atoms with Gasteiger partial charge in [-0.25, -0.2) is 4.72 Å². The van der Waals surface area contributed by atoms with Crippen LogP contribution in [0.25, 0.3) is 0 Å². The molecule has 0 aromatic rings. The zero-order valence-corrected chi connectivity index (χ0v) is 11.6. The highest BCUT2D eigenvalue weighted by Gasteiger charge is 2.28. The largest absolute Gasteiger partial charge is 0.481 e. The zero-order valence-electron chi connectivity index (χ0n) is 10.8. The number of piperidine rings is 1. The van der Waals surface area contributed by atoms with Crippen LogP contribution in [0.15, 0.2) is 0 Å². The van der Waals surface area contributed by atoms with Crippen molar-refractivity contribution < 1.29 is 18.3 Å². The summed E-state index contributed by atoms with van der Waals surface area (Å²) in [6, 6.07) is 0.0512. The zero-order chi connectivity index (χ0) is 13.6. The quantitative estimate of drug-likeness (QED) is 0.679. The Labute approximate surface area is 109 Å². The first kappa shape index (κ1) is 15.4. The number of rotatable bonds is 7. The van der Waals surface area contributed by atoms with Gasteiger partial charge in [-0.05, 0) is 32.6 Å². The van der Waals surface area contributed by atoms with Crippen LogP contribution in [0.1, 0.15) is 45.4 Å². The molecule has 1 aliphatic heterocycles. The number of nitrogens with zero attached hydrogens (tertiary/aromatic N) is 1. The van der Waals surface area contributed by atoms with Crippen LogP contribution in [0.2, 0.25) is 0 Å². The predicted octanol–water partition coefficient (Wildman–Crippen LogP) is 0.950. The normalized spacial score (nSPS) is 21.9. The molecule has 0 saturated carbocycles. The number of hydrogen-bond donors (Lipinski definition) is 2. The van der Waals surface area contributed by atoms with Crippen molar-refractivity contribution in [1.82, 2.24) is 9.03 Å². The first-order valence-corrected chi connectivity index (χ1v) is 7.85. The Bertz CT molecular complexity index is 369. The molecular weight excluding hydrogens is 256 g/mol. The van der Waals surface area contributed by atoms with Gasteiger partial charge in [-0.2, -0.15) is 12.7 Å². The Balaban J connectivity index is 2.32. The molecule has 0 radical (unpaired) electrons. The summed E-state index contributed by atoms with van der Waals surface area (Å²) >= 11 is 0. The van der Waals surface area contributed by atoms with Crippen LogP contribution in [0.3, 0.4) is 0 Å². The van der Waals surface area contributed by atoms with Gasteiger partial charge in [0, 0.05) is 25.6 Å². The molecular formula is C11H22N2O4S. The van der Waals surface area contributed by atoms with Gasteiger partial charge in [0.1, 0.15) is 0 Å². The van der Waals surface area contributed by atoms with Crippen molar-refractivity contribution in [2.24, 2.45) is 0 Å². The molecule has 1 atom stereocenters. The molecule has 0 amide bonds. The van der Waals surface area contributed by atoms with Crippen molar-refractivity contribution in [2.75, 3.05) is 13.1 Å². The van der Waals surface area contributed by atoms with Gasteiger partial charge in [0.15, 0.2) is 0 Å². The number of carbonyl (C=O) groups is 1. The molecule has 1 unspecified atom stereocenters. The Morgan fingerprint density at radius 2 is 2.11 bits per heavy atom. The third kappa shape index (κ3) is 4.91. The molecule has 2 N–H and O–H groups in total. The maximum atomic E-state index is 12.0. The molecule has 1 saturated heterocycles. The van der Waals surface area contributed by atoms with E-state index in [1.165, 1.54) is 4.31 Å². The molecule has 1 rings (SSSR count). The standard InChI is InChI=1S/C11H22N2O4S/c1-10-6-3-5-9-13(10)18(16,17)12-8-4-2-7-11(14)15/h10,12H,2-9H2,1H3,(H,14,15). The highest BCUT2D eigenvalue weighted by Crippen LogP contribution is 2.18. The highest BCUT2D eigenvalue weighted by atomic mass is 32.2. The molecule has 0 spiro atoms. The van der Waals surface area contributed by atoms with Gasteiger partial charge in [0.05, 0.1) is 0 Å². The summed E-state index contributed by atoms with van der Waals surface area (Å²) in [5.74, 6) is -0.845. The van der Waals surface area contributed by atoms with Crippen molar-refractivity contribution in [3.05, 3.63) is 0 Å². The molecule has 18 heavy (non-hydrogen) atoms. The fourth-order valence-corrected chi connectivity index (χ4v) is 3.63. The van der Waals surface area contributed by atoms with E-state index in [-0.39, 0.29) is 12.5 Å². The van der Waals surface area contributed by atoms with E-state index in [1.807, 2.05) is 6.92 Å². The van der Waals surface area contributed by atoms with Crippen LogP contribution in [0, 0.1) is 0 Å². The van der Waals surface area contributed by atoms with Gasteiger partial charge in [0.2, 0.25) is 0 Å². The van der Waals surface area contributed by atoms with Gasteiger partial charge in [-0.15, -0.1) is 0 Å². The summed E-state index contributed by atoms with van der Waals surface area (Å²) in [6.07, 6.45) is 4.01. The van der Waals surface area contributed by atoms with Crippen molar-refractivity contribution in [3.8, 4) is 0 Å². The van der Waals surface area contributed by atoms with E-state index >= 15 is 0 Å². The molecule has 1 heterocycles. The second-order valence-electron chi connectivity index (χ2n) is 4.71. The Morgan fingerprint density at radius 3 is 2.72 bits per heavy atom. The van der Waals surface area contributed by atoms with Crippen LogP contribution in [-0.2, 0) is 15.0 Å². The highest BCUT2D eigenvalue weighted by molar-refractivity contribution is 7.87. The Kier molecular flexibility index (Phi) is 6.04. The maximum absolute atomic E-state index is 12.0. The first-order valence-electron chi connectivity index (χ1n) is 6.41. The van der Waals surface area contributed by atoms with Crippen molar-refractivity contribution in [2.45, 2.75) is 51.5 Å². The van der Waals surface area contributed by atoms with Crippen molar-refractivity contribution in [1.29, 1.82) is 0 Å². The SMILES string of the molecule is CC1CCCCN1S(=O)(=O)NCCCCC(=O)O. The van der Waals surface area contributed by atoms with E-state index in [4.69, 9.17) is 5.11 Å². The van der Waals surface area contributed by atoms with Crippen LogP contribution in [0.4, 0.5) is 0 Å². The predicted molar refractivity (Wildman–Crippen MR) is 68.4 cm³/mol. The summed E-state index contributed by atoms with van der Waals surface area (Å²) in [4.78, 5) is 10.3. The fraction of sp³-hybridized carbons (Fsp3) is 0.909. The number of aliphatic carboxylic acids is 1. The van der Waals surface area contributed by atoms with Crippen molar-refractivity contribution in [3.63, 3.8) is 0 Å². The van der Waals surface area contributed by atoms with Gasteiger partial charge < -0.3 is 5.11 Å². The molecule has 0 aromatic heterocycles. The molecule has 0 bridgehead atoms. The minimum Gasteiger partial charge on any atom is -0.481 e. The van der Waals surface area contributed by atoms with E-state index in [2.05, 4.69) is 4.72 Å². The molecule has 6 nitrogen and oxygen atoms in total. The number of carboxylic acids is 1. The maximum Gasteiger partial charge on any atom is 0.303 e. The molecule has 0 aliphatic carbocycles. The number of hydrogen-bond acceptors (Lipinski definition) is 3. The Hall–Kier alpha value is -0.660. The summed E-state index contributed by atoms with van der Waals surface area (Å²) in [7, 11) is -3.40. The number of unbranched alkanes of at least 4 members (excludes halogenated alkanes) is 1. The third-order valence-corrected chi connectivity index (χ3v) is 4.88. The van der Waals surface area contributed by atoms with Crippen molar-refractivity contribution >= 4 is 16.2 Å². The van der Waals surface area contributed by atoms with E-state index in [0.29, 0.717) is 25.9 Å². The lowest BCUT2D eigenvalue weighted by atomic mass is 10.1. The molecule has 1 fully saturated rings. The van der Waals surface area contributed by atoms with E-state index in [0.717, 1.165) is 19.3 Å². The first-order chi connectivity index (χ1) is 8.43. The van der Waals surface area contributed by atoms with Gasteiger partial charge >= 0.3 is 5.97 Å². The van der Waals surface area contributed by atoms with E-state index < -0.39 is 16.2 Å². The van der Waals surface area contributed by atoms with E-state index in [9.17, 15) is 13.2 Å². The average Bonchev–Trinajstić information content (AvgIpc) is 2.28. The lowest BCUT2D eigenvalue weighted by molar-refractivity contribution is -0.137. The number of nitrogens with one attached hydrogen (secondary N) is 1. The van der Waals surface area contributed by atoms with Gasteiger partial charge in [-0.3, -0.25) is 4.79 Å². The topological polar surface area (TPSA) is 86.7 Å². The second kappa shape index (κ2) is 7.06. The molecule has 7 heteroatoms. The minimum absolute atomic E-state index is 0.0512. The summed E-state index contributed by atoms with van der Waals surface area (Å²) in [5.41, 5.74) is 0. The summed E-state index contributed by atoms with van der Waals surface area (Å²) in [6.45, 7) is 2.80. The lowest BCUT2D eigenvalue weighted by Crippen LogP contribution is -2.48. The van der Waals surface area contributed by atoms with Crippen LogP contribution < -0.4 is 4.72 Å². The second-order valence-corrected chi connectivity index (χ2v) is 6.41. The number of carboxylic acid groups (broad SMARTS) is 1. The Morgan fingerprint density at radius 1 is 1.39 bits per heavy atom. The molecule has 0 aromatic carbocycles. The smallest absolute Gasteiger partial charge is 0.303 e. The van der Waals surface area contributed by atoms with Crippen LogP contribution in [0.5, 0.6) is 0 Å². The lowest BCUT2D eigenvalue weighted by Gasteiger charge is -2.32. The minimum atomic E-state index is -3.40. The monoisotopic (exact) mass is 278 g/mol. The molecule has 106 valence electrons. The average molecular weight is 278 g/mol. The summed E-state index contributed by atoms with van der Waals surface area (Å²) in [5, 5.41) is 8.46. The van der Waals surface area contributed by atoms with Crippen LogP contribution >= 0.6 is 0 Å². The third-order valence-electron chi connectivity index (χ3n) is 3.15.